The van der Waals surface area contributed by atoms with Crippen molar-refractivity contribution in [3.05, 3.63) is 40.5 Å². The maximum atomic E-state index is 13.5. The average Bonchev–Trinajstić information content (AvgIpc) is 3.33. The number of halogens is 3. The number of hydrogen-bond acceptors (Lipinski definition) is 3. The highest BCUT2D eigenvalue weighted by Gasteiger charge is 2.30. The molecule has 1 atom stereocenters. The Morgan fingerprint density at radius 3 is 2.67 bits per heavy atom. The minimum absolute atomic E-state index is 0. The minimum Gasteiger partial charge on any atom is -0.334 e. The molecule has 0 bridgehead atoms. The summed E-state index contributed by atoms with van der Waals surface area (Å²) in [6, 6.07) is 7.96. The van der Waals surface area contributed by atoms with E-state index in [1.54, 1.807) is 0 Å². The molecule has 1 saturated heterocycles. The van der Waals surface area contributed by atoms with Gasteiger partial charge < -0.3 is 10.2 Å². The molecule has 2 heterocycles. The first-order valence-corrected chi connectivity index (χ1v) is 9.67. The molecule has 1 saturated carbocycles. The van der Waals surface area contributed by atoms with E-state index in [2.05, 4.69) is 12.2 Å². The van der Waals surface area contributed by atoms with Crippen molar-refractivity contribution in [1.29, 1.82) is 0 Å². The molecule has 2 aliphatic rings. The largest absolute Gasteiger partial charge is 0.334 e. The minimum atomic E-state index is 0. The van der Waals surface area contributed by atoms with Crippen molar-refractivity contribution in [3.8, 4) is 0 Å². The molecule has 7 heteroatoms. The van der Waals surface area contributed by atoms with Crippen molar-refractivity contribution < 1.29 is 4.79 Å². The fourth-order valence-electron chi connectivity index (χ4n) is 3.73. The van der Waals surface area contributed by atoms with Crippen LogP contribution in [0.5, 0.6) is 0 Å². The van der Waals surface area contributed by atoms with Crippen LogP contribution in [-0.2, 0) is 0 Å². The van der Waals surface area contributed by atoms with E-state index in [0.29, 0.717) is 10.9 Å². The van der Waals surface area contributed by atoms with Gasteiger partial charge >= 0.3 is 0 Å². The number of carbonyl (C=O) groups excluding carboxylic acids is 1. The Labute approximate surface area is 177 Å². The summed E-state index contributed by atoms with van der Waals surface area (Å²) in [6.45, 7) is 4.77. The molecule has 2 fully saturated rings. The van der Waals surface area contributed by atoms with Crippen LogP contribution < -0.4 is 5.32 Å². The van der Waals surface area contributed by atoms with E-state index in [9.17, 15) is 4.79 Å². The molecule has 4 nitrogen and oxygen atoms in total. The Bertz CT molecular complexity index is 804. The lowest BCUT2D eigenvalue weighted by molar-refractivity contribution is 0.0694. The molecule has 1 aliphatic carbocycles. The lowest BCUT2D eigenvalue weighted by Crippen LogP contribution is -2.42. The van der Waals surface area contributed by atoms with Crippen LogP contribution in [-0.4, -0.2) is 41.5 Å². The summed E-state index contributed by atoms with van der Waals surface area (Å²) in [7, 11) is 0. The number of hydrogen-bond donors (Lipinski definition) is 1. The van der Waals surface area contributed by atoms with E-state index in [1.807, 2.05) is 29.2 Å². The topological polar surface area (TPSA) is 45.2 Å². The Hall–Kier alpha value is -1.07. The Balaban J connectivity index is 0.00000131. The Morgan fingerprint density at radius 2 is 2.04 bits per heavy atom. The third-order valence-corrected chi connectivity index (χ3v) is 5.45. The number of rotatable bonds is 5. The standard InChI is InChI=1S/C20H24ClN3O.2ClH/c1-2-9-24(15-7-8-22-12-15)20(25)17-11-19(13-3-4-13)23-18-6-5-14(21)10-16(17)18;;/h5-6,10-11,13,15,22H,2-4,7-9,12H2,1H3;2*1H. The molecule has 1 N–H and O–H groups in total. The van der Waals surface area contributed by atoms with Crippen LogP contribution in [0, 0.1) is 0 Å². The third-order valence-electron chi connectivity index (χ3n) is 5.22. The fourth-order valence-corrected chi connectivity index (χ4v) is 3.91. The quantitative estimate of drug-likeness (QED) is 0.739. The first kappa shape index (κ1) is 22.2. The highest BCUT2D eigenvalue weighted by molar-refractivity contribution is 6.31. The van der Waals surface area contributed by atoms with Gasteiger partial charge in [-0.15, -0.1) is 24.8 Å². The molecule has 1 unspecified atom stereocenters. The van der Waals surface area contributed by atoms with E-state index < -0.39 is 0 Å². The molecule has 0 spiro atoms. The van der Waals surface area contributed by atoms with E-state index in [-0.39, 0.29) is 36.8 Å². The van der Waals surface area contributed by atoms with Gasteiger partial charge in [-0.3, -0.25) is 9.78 Å². The molecule has 1 aromatic carbocycles. The van der Waals surface area contributed by atoms with Crippen molar-refractivity contribution in [2.45, 2.75) is 44.6 Å². The van der Waals surface area contributed by atoms with Crippen LogP contribution in [0.3, 0.4) is 0 Å². The third kappa shape index (κ3) is 4.68. The second-order valence-corrected chi connectivity index (χ2v) is 7.61. The summed E-state index contributed by atoms with van der Waals surface area (Å²) in [5.74, 6) is 0.631. The summed E-state index contributed by atoms with van der Waals surface area (Å²) in [5, 5.41) is 4.89. The number of pyridine rings is 1. The molecule has 1 aliphatic heterocycles. The highest BCUT2D eigenvalue weighted by atomic mass is 35.5. The van der Waals surface area contributed by atoms with E-state index in [0.717, 1.165) is 54.6 Å². The van der Waals surface area contributed by atoms with Gasteiger partial charge in [0.15, 0.2) is 0 Å². The van der Waals surface area contributed by atoms with Gasteiger partial charge in [-0.05, 0) is 56.5 Å². The van der Waals surface area contributed by atoms with Crippen LogP contribution in [0.4, 0.5) is 0 Å². The van der Waals surface area contributed by atoms with E-state index in [1.165, 1.54) is 12.8 Å². The number of carbonyl (C=O) groups is 1. The molecule has 1 amide bonds. The second kappa shape index (κ2) is 9.42. The van der Waals surface area contributed by atoms with Gasteiger partial charge in [-0.25, -0.2) is 0 Å². The van der Waals surface area contributed by atoms with Crippen molar-refractivity contribution in [2.75, 3.05) is 19.6 Å². The summed E-state index contributed by atoms with van der Waals surface area (Å²) in [5.41, 5.74) is 2.69. The van der Waals surface area contributed by atoms with Gasteiger partial charge in [0.1, 0.15) is 0 Å². The lowest BCUT2D eigenvalue weighted by Gasteiger charge is -2.29. The zero-order valence-electron chi connectivity index (χ0n) is 15.4. The molecule has 0 radical (unpaired) electrons. The first-order valence-electron chi connectivity index (χ1n) is 9.29. The molecule has 27 heavy (non-hydrogen) atoms. The van der Waals surface area contributed by atoms with Crippen molar-refractivity contribution in [1.82, 2.24) is 15.2 Å². The molecule has 148 valence electrons. The average molecular weight is 431 g/mol. The maximum Gasteiger partial charge on any atom is 0.254 e. The van der Waals surface area contributed by atoms with E-state index in [4.69, 9.17) is 16.6 Å². The molecular formula is C20H26Cl3N3O. The summed E-state index contributed by atoms with van der Waals surface area (Å²) in [6.07, 6.45) is 4.32. The van der Waals surface area contributed by atoms with E-state index >= 15 is 0 Å². The van der Waals surface area contributed by atoms with Gasteiger partial charge in [0.05, 0.1) is 11.1 Å². The zero-order valence-corrected chi connectivity index (χ0v) is 17.8. The SMILES string of the molecule is CCCN(C(=O)c1cc(C2CC2)nc2ccc(Cl)cc12)C1CCNC1.Cl.Cl. The van der Waals surface area contributed by atoms with Crippen molar-refractivity contribution >= 4 is 53.2 Å². The Kier molecular flexibility index (Phi) is 7.75. The molecule has 1 aromatic heterocycles. The van der Waals surface area contributed by atoms with Gasteiger partial charge in [0.2, 0.25) is 0 Å². The van der Waals surface area contributed by atoms with Crippen molar-refractivity contribution in [3.63, 3.8) is 0 Å². The zero-order chi connectivity index (χ0) is 17.4. The van der Waals surface area contributed by atoms with Gasteiger partial charge in [-0.2, -0.15) is 0 Å². The maximum absolute atomic E-state index is 13.5. The van der Waals surface area contributed by atoms with Crippen LogP contribution in [0.15, 0.2) is 24.3 Å². The number of amides is 1. The molecule has 2 aromatic rings. The van der Waals surface area contributed by atoms with Crippen LogP contribution in [0.1, 0.15) is 54.6 Å². The number of benzene rings is 1. The number of fused-ring (bicyclic) bond motifs is 1. The second-order valence-electron chi connectivity index (χ2n) is 7.18. The highest BCUT2D eigenvalue weighted by Crippen LogP contribution is 2.40. The van der Waals surface area contributed by atoms with Gasteiger partial charge in [0, 0.05) is 41.2 Å². The predicted molar refractivity (Wildman–Crippen MR) is 116 cm³/mol. The Morgan fingerprint density at radius 1 is 1.26 bits per heavy atom. The van der Waals surface area contributed by atoms with Gasteiger partial charge in [0.25, 0.3) is 5.91 Å². The van der Waals surface area contributed by atoms with Crippen LogP contribution in [0.25, 0.3) is 10.9 Å². The van der Waals surface area contributed by atoms with Gasteiger partial charge in [-0.1, -0.05) is 18.5 Å². The van der Waals surface area contributed by atoms with Crippen molar-refractivity contribution in [2.24, 2.45) is 0 Å². The summed E-state index contributed by atoms with van der Waals surface area (Å²) < 4.78 is 0. The lowest BCUT2D eigenvalue weighted by atomic mass is 10.0. The number of aromatic nitrogens is 1. The molecule has 4 rings (SSSR count). The monoisotopic (exact) mass is 429 g/mol. The summed E-state index contributed by atoms with van der Waals surface area (Å²) >= 11 is 6.22. The van der Waals surface area contributed by atoms with Crippen LogP contribution >= 0.6 is 36.4 Å². The number of nitrogens with one attached hydrogen (secondary N) is 1. The first-order chi connectivity index (χ1) is 12.2. The number of nitrogens with zero attached hydrogens (tertiary/aromatic N) is 2. The smallest absolute Gasteiger partial charge is 0.254 e. The molecular weight excluding hydrogens is 405 g/mol. The van der Waals surface area contributed by atoms with Crippen LogP contribution in [0.2, 0.25) is 5.02 Å². The summed E-state index contributed by atoms with van der Waals surface area (Å²) in [4.78, 5) is 20.3. The predicted octanol–water partition coefficient (Wildman–Crippen LogP) is 4.82. The fraction of sp³-hybridized carbons (Fsp3) is 0.500. The normalized spacial score (nSPS) is 18.7.